The van der Waals surface area contributed by atoms with Crippen molar-refractivity contribution in [3.05, 3.63) is 12.2 Å². The third-order valence-corrected chi connectivity index (χ3v) is 5.86. The van der Waals surface area contributed by atoms with Crippen LogP contribution in [0.3, 0.4) is 0 Å². The highest BCUT2D eigenvalue weighted by atomic mass is 79.9. The van der Waals surface area contributed by atoms with E-state index in [4.69, 9.17) is 4.74 Å². The summed E-state index contributed by atoms with van der Waals surface area (Å²) in [5.74, 6) is -0.257. The first-order valence-electron chi connectivity index (χ1n) is 12.5. The molecule has 0 fully saturated rings. The Morgan fingerprint density at radius 2 is 1.07 bits per heavy atom. The lowest BCUT2D eigenvalue weighted by atomic mass is 10.1. The standard InChI is InChI=1S/C26H52NO2.BrH/c1-6-7-8-9-10-11-12-13-16-19-22-27(4,5)23-20-17-14-15-18-21-24-29-26(28)25(2)3;/h2,6-24H2,1,3-5H3;1H/q+1;/p-1. The fraction of sp³-hybridized carbons (Fsp3) is 0.885. The predicted molar refractivity (Wildman–Crippen MR) is 127 cm³/mol. The van der Waals surface area contributed by atoms with E-state index in [1.807, 2.05) is 0 Å². The van der Waals surface area contributed by atoms with Gasteiger partial charge in [-0.05, 0) is 39.0 Å². The van der Waals surface area contributed by atoms with Crippen LogP contribution < -0.4 is 17.0 Å². The zero-order chi connectivity index (χ0) is 21.8. The fourth-order valence-electron chi connectivity index (χ4n) is 3.78. The summed E-state index contributed by atoms with van der Waals surface area (Å²) in [6.45, 7) is 10.7. The first-order valence-corrected chi connectivity index (χ1v) is 12.5. The number of carbonyl (C=O) groups excluding carboxylic acids is 1. The van der Waals surface area contributed by atoms with Gasteiger partial charge in [0.25, 0.3) is 0 Å². The number of unbranched alkanes of at least 4 members (excludes halogenated alkanes) is 14. The predicted octanol–water partition coefficient (Wildman–Crippen LogP) is 4.45. The smallest absolute Gasteiger partial charge is 0.333 e. The maximum atomic E-state index is 11.3. The molecule has 0 N–H and O–H groups in total. The van der Waals surface area contributed by atoms with E-state index in [9.17, 15) is 4.79 Å². The van der Waals surface area contributed by atoms with Crippen molar-refractivity contribution in [3.8, 4) is 0 Å². The van der Waals surface area contributed by atoms with Crippen molar-refractivity contribution < 1.29 is 31.0 Å². The van der Waals surface area contributed by atoms with Crippen LogP contribution in [-0.2, 0) is 9.53 Å². The maximum Gasteiger partial charge on any atom is 0.333 e. The molecule has 0 heterocycles. The van der Waals surface area contributed by atoms with Crippen LogP contribution in [0.15, 0.2) is 12.2 Å². The number of carbonyl (C=O) groups is 1. The molecule has 0 aliphatic rings. The van der Waals surface area contributed by atoms with Crippen molar-refractivity contribution in [1.82, 2.24) is 0 Å². The quantitative estimate of drug-likeness (QED) is 0.103. The Morgan fingerprint density at radius 3 is 1.47 bits per heavy atom. The normalized spacial score (nSPS) is 11.2. The van der Waals surface area contributed by atoms with Gasteiger partial charge in [-0.25, -0.2) is 4.79 Å². The zero-order valence-electron chi connectivity index (χ0n) is 20.8. The highest BCUT2D eigenvalue weighted by molar-refractivity contribution is 5.86. The molecular formula is C26H52BrNO2. The third-order valence-electron chi connectivity index (χ3n) is 5.86. The molecule has 0 aromatic rings. The maximum absolute atomic E-state index is 11.3. The van der Waals surface area contributed by atoms with Crippen molar-refractivity contribution >= 4 is 5.97 Å². The Morgan fingerprint density at radius 1 is 0.700 bits per heavy atom. The van der Waals surface area contributed by atoms with Crippen molar-refractivity contribution in [2.45, 2.75) is 117 Å². The molecule has 0 aromatic heterocycles. The van der Waals surface area contributed by atoms with Gasteiger partial charge in [-0.15, -0.1) is 0 Å². The average Bonchev–Trinajstić information content (AvgIpc) is 2.67. The number of nitrogens with zero attached hydrogens (tertiary/aromatic N) is 1. The number of rotatable bonds is 21. The van der Waals surface area contributed by atoms with E-state index in [2.05, 4.69) is 27.6 Å². The number of ether oxygens (including phenoxy) is 1. The van der Waals surface area contributed by atoms with Gasteiger partial charge in [0.2, 0.25) is 0 Å². The molecule has 0 aliphatic heterocycles. The second-order valence-electron chi connectivity index (χ2n) is 9.60. The topological polar surface area (TPSA) is 26.3 Å². The SMILES string of the molecule is C=C(C)C(=O)OCCCCCCCC[N+](C)(C)CCCCCCCCCCCC.[Br-]. The van der Waals surface area contributed by atoms with E-state index in [1.165, 1.54) is 107 Å². The zero-order valence-corrected chi connectivity index (χ0v) is 22.4. The Balaban J connectivity index is 0. The molecule has 0 bridgehead atoms. The first-order chi connectivity index (χ1) is 13.9. The van der Waals surface area contributed by atoms with E-state index in [0.29, 0.717) is 12.2 Å². The molecule has 0 saturated carbocycles. The Labute approximate surface area is 199 Å². The molecule has 0 atom stereocenters. The summed E-state index contributed by atoms with van der Waals surface area (Å²) in [5.41, 5.74) is 0.489. The molecule has 0 radical (unpaired) electrons. The summed E-state index contributed by atoms with van der Waals surface area (Å²) in [6.07, 6.45) is 21.5. The summed E-state index contributed by atoms with van der Waals surface area (Å²) in [4.78, 5) is 11.3. The first kappa shape index (κ1) is 31.8. The highest BCUT2D eigenvalue weighted by Crippen LogP contribution is 2.13. The number of quaternary nitrogens is 1. The van der Waals surface area contributed by atoms with Crippen LogP contribution in [0.2, 0.25) is 0 Å². The summed E-state index contributed by atoms with van der Waals surface area (Å²) in [7, 11) is 4.79. The van der Waals surface area contributed by atoms with Crippen molar-refractivity contribution in [3.63, 3.8) is 0 Å². The van der Waals surface area contributed by atoms with Crippen LogP contribution in [0, 0.1) is 0 Å². The molecule has 0 spiro atoms. The molecule has 3 nitrogen and oxygen atoms in total. The molecule has 0 rings (SSSR count). The minimum absolute atomic E-state index is 0. The lowest BCUT2D eigenvalue weighted by molar-refractivity contribution is -0.890. The molecule has 0 aliphatic carbocycles. The molecule has 30 heavy (non-hydrogen) atoms. The molecule has 4 heteroatoms. The van der Waals surface area contributed by atoms with Gasteiger partial charge in [-0.3, -0.25) is 0 Å². The Hall–Kier alpha value is -0.350. The number of hydrogen-bond acceptors (Lipinski definition) is 2. The molecule has 0 saturated heterocycles. The van der Waals surface area contributed by atoms with E-state index >= 15 is 0 Å². The van der Waals surface area contributed by atoms with E-state index < -0.39 is 0 Å². The molecule has 0 aromatic carbocycles. The minimum Gasteiger partial charge on any atom is -1.00 e. The van der Waals surface area contributed by atoms with Crippen LogP contribution in [0.25, 0.3) is 0 Å². The molecule has 180 valence electrons. The average molecular weight is 491 g/mol. The number of esters is 1. The summed E-state index contributed by atoms with van der Waals surface area (Å²) < 4.78 is 6.30. The monoisotopic (exact) mass is 489 g/mol. The van der Waals surface area contributed by atoms with Crippen LogP contribution in [0.4, 0.5) is 0 Å². The number of halogens is 1. The van der Waals surface area contributed by atoms with Crippen molar-refractivity contribution in [1.29, 1.82) is 0 Å². The van der Waals surface area contributed by atoms with Gasteiger partial charge in [0.1, 0.15) is 0 Å². The van der Waals surface area contributed by atoms with E-state index in [-0.39, 0.29) is 23.0 Å². The molecule has 0 unspecified atom stereocenters. The third kappa shape index (κ3) is 22.3. The fourth-order valence-corrected chi connectivity index (χ4v) is 3.78. The minimum atomic E-state index is -0.257. The summed E-state index contributed by atoms with van der Waals surface area (Å²) in [6, 6.07) is 0. The summed E-state index contributed by atoms with van der Waals surface area (Å²) in [5, 5.41) is 0. The largest absolute Gasteiger partial charge is 1.00 e. The second kappa shape index (κ2) is 21.9. The van der Waals surface area contributed by atoms with Gasteiger partial charge in [0.15, 0.2) is 0 Å². The summed E-state index contributed by atoms with van der Waals surface area (Å²) >= 11 is 0. The molecular weight excluding hydrogens is 438 g/mol. The van der Waals surface area contributed by atoms with Gasteiger partial charge in [-0.2, -0.15) is 0 Å². The number of hydrogen-bond donors (Lipinski definition) is 0. The van der Waals surface area contributed by atoms with Gasteiger partial charge in [-0.1, -0.05) is 84.1 Å². The lowest BCUT2D eigenvalue weighted by Gasteiger charge is -2.30. The van der Waals surface area contributed by atoms with Crippen LogP contribution in [0.5, 0.6) is 0 Å². The van der Waals surface area contributed by atoms with Gasteiger partial charge >= 0.3 is 5.97 Å². The lowest BCUT2D eigenvalue weighted by Crippen LogP contribution is -3.00. The van der Waals surface area contributed by atoms with Gasteiger partial charge in [0, 0.05) is 5.57 Å². The highest BCUT2D eigenvalue weighted by Gasteiger charge is 2.13. The van der Waals surface area contributed by atoms with Crippen molar-refractivity contribution in [2.75, 3.05) is 33.8 Å². The van der Waals surface area contributed by atoms with E-state index in [0.717, 1.165) is 12.8 Å². The van der Waals surface area contributed by atoms with Crippen LogP contribution in [0.1, 0.15) is 117 Å². The molecule has 0 amide bonds. The Bertz CT molecular complexity index is 410. The van der Waals surface area contributed by atoms with Gasteiger partial charge in [0.05, 0.1) is 33.8 Å². The van der Waals surface area contributed by atoms with E-state index in [1.54, 1.807) is 6.92 Å². The second-order valence-corrected chi connectivity index (χ2v) is 9.60. The Kier molecular flexibility index (Phi) is 23.2. The van der Waals surface area contributed by atoms with Crippen molar-refractivity contribution in [2.24, 2.45) is 0 Å². The van der Waals surface area contributed by atoms with Gasteiger partial charge < -0.3 is 26.2 Å². The van der Waals surface area contributed by atoms with Crippen LogP contribution >= 0.6 is 0 Å². The van der Waals surface area contributed by atoms with Crippen LogP contribution in [-0.4, -0.2) is 44.2 Å².